The summed E-state index contributed by atoms with van der Waals surface area (Å²) in [7, 11) is 0. The van der Waals surface area contributed by atoms with Crippen LogP contribution in [0.15, 0.2) is 18.5 Å². The molecule has 0 aromatic carbocycles. The van der Waals surface area contributed by atoms with Crippen LogP contribution < -0.4 is 5.73 Å². The SMILES string of the molecule is CC(N)C(C)(CCO)c1cncc(F)c1. The summed E-state index contributed by atoms with van der Waals surface area (Å²) in [6, 6.07) is 1.25. The fraction of sp³-hybridized carbons (Fsp3) is 0.545. The molecule has 4 heteroatoms. The number of halogens is 1. The summed E-state index contributed by atoms with van der Waals surface area (Å²) in [5.41, 5.74) is 6.17. The van der Waals surface area contributed by atoms with Crippen molar-refractivity contribution in [2.75, 3.05) is 6.61 Å². The highest BCUT2D eigenvalue weighted by atomic mass is 19.1. The van der Waals surface area contributed by atoms with Crippen LogP contribution in [0.3, 0.4) is 0 Å². The van der Waals surface area contributed by atoms with Crippen LogP contribution in [-0.4, -0.2) is 22.7 Å². The van der Waals surface area contributed by atoms with Crippen LogP contribution in [0.2, 0.25) is 0 Å². The second-order valence-corrected chi connectivity index (χ2v) is 4.07. The van der Waals surface area contributed by atoms with Crippen molar-refractivity contribution in [3.8, 4) is 0 Å². The number of aliphatic hydroxyl groups is 1. The molecule has 0 aliphatic carbocycles. The van der Waals surface area contributed by atoms with Crippen molar-refractivity contribution in [3.05, 3.63) is 29.8 Å². The minimum atomic E-state index is -0.441. The summed E-state index contributed by atoms with van der Waals surface area (Å²) >= 11 is 0. The average molecular weight is 212 g/mol. The van der Waals surface area contributed by atoms with E-state index in [1.54, 1.807) is 6.20 Å². The second-order valence-electron chi connectivity index (χ2n) is 4.07. The Hall–Kier alpha value is -1.00. The van der Waals surface area contributed by atoms with Gasteiger partial charge in [-0.2, -0.15) is 0 Å². The van der Waals surface area contributed by atoms with Crippen LogP contribution >= 0.6 is 0 Å². The Bertz CT molecular complexity index is 330. The first kappa shape index (κ1) is 12.1. The molecule has 0 saturated carbocycles. The first-order valence-corrected chi connectivity index (χ1v) is 4.98. The number of nitrogens with zero attached hydrogens (tertiary/aromatic N) is 1. The van der Waals surface area contributed by atoms with Crippen LogP contribution in [0.4, 0.5) is 4.39 Å². The van der Waals surface area contributed by atoms with Crippen molar-refractivity contribution < 1.29 is 9.50 Å². The molecule has 1 heterocycles. The van der Waals surface area contributed by atoms with Crippen LogP contribution in [0.5, 0.6) is 0 Å². The number of aliphatic hydroxyl groups excluding tert-OH is 1. The minimum Gasteiger partial charge on any atom is -0.396 e. The molecule has 15 heavy (non-hydrogen) atoms. The lowest BCUT2D eigenvalue weighted by Gasteiger charge is -2.33. The molecule has 1 rings (SSSR count). The van der Waals surface area contributed by atoms with Gasteiger partial charge in [-0.3, -0.25) is 4.98 Å². The summed E-state index contributed by atoms with van der Waals surface area (Å²) in [5.74, 6) is -0.377. The van der Waals surface area contributed by atoms with E-state index in [1.165, 1.54) is 6.07 Å². The molecule has 0 fully saturated rings. The molecule has 2 unspecified atom stereocenters. The number of nitrogens with two attached hydrogens (primary N) is 1. The molecule has 1 aromatic heterocycles. The molecule has 0 bridgehead atoms. The number of pyridine rings is 1. The topological polar surface area (TPSA) is 59.1 Å². The van der Waals surface area contributed by atoms with Gasteiger partial charge in [0, 0.05) is 24.3 Å². The van der Waals surface area contributed by atoms with Crippen molar-refractivity contribution in [3.63, 3.8) is 0 Å². The normalized spacial score (nSPS) is 17.1. The molecule has 3 N–H and O–H groups in total. The zero-order valence-electron chi connectivity index (χ0n) is 9.07. The van der Waals surface area contributed by atoms with Gasteiger partial charge in [-0.1, -0.05) is 6.92 Å². The fourth-order valence-corrected chi connectivity index (χ4v) is 1.59. The Labute approximate surface area is 89.1 Å². The molecule has 84 valence electrons. The van der Waals surface area contributed by atoms with E-state index in [4.69, 9.17) is 10.8 Å². The van der Waals surface area contributed by atoms with E-state index in [2.05, 4.69) is 4.98 Å². The maximum absolute atomic E-state index is 13.0. The summed E-state index contributed by atoms with van der Waals surface area (Å²) in [6.45, 7) is 3.78. The number of rotatable bonds is 4. The molecule has 2 atom stereocenters. The van der Waals surface area contributed by atoms with Gasteiger partial charge in [-0.05, 0) is 25.0 Å². The standard InChI is InChI=1S/C11H17FN2O/c1-8(13)11(2,3-4-15)9-5-10(12)7-14-6-9/h5-8,15H,3-4,13H2,1-2H3. The lowest BCUT2D eigenvalue weighted by Crippen LogP contribution is -2.41. The van der Waals surface area contributed by atoms with E-state index in [9.17, 15) is 4.39 Å². The van der Waals surface area contributed by atoms with Crippen LogP contribution in [0.1, 0.15) is 25.8 Å². The fourth-order valence-electron chi connectivity index (χ4n) is 1.59. The van der Waals surface area contributed by atoms with Gasteiger partial charge in [0.1, 0.15) is 5.82 Å². The predicted octanol–water partition coefficient (Wildman–Crippen LogP) is 1.21. The van der Waals surface area contributed by atoms with Gasteiger partial charge < -0.3 is 10.8 Å². The molecule has 1 aromatic rings. The first-order valence-electron chi connectivity index (χ1n) is 4.98. The quantitative estimate of drug-likeness (QED) is 0.788. The average Bonchev–Trinajstić information content (AvgIpc) is 2.17. The van der Waals surface area contributed by atoms with E-state index in [0.29, 0.717) is 6.42 Å². The minimum absolute atomic E-state index is 0.0224. The zero-order valence-corrected chi connectivity index (χ0v) is 9.07. The van der Waals surface area contributed by atoms with Crippen molar-refractivity contribution >= 4 is 0 Å². The lowest BCUT2D eigenvalue weighted by molar-refractivity contribution is 0.229. The third-order valence-corrected chi connectivity index (χ3v) is 3.00. The lowest BCUT2D eigenvalue weighted by atomic mass is 9.75. The number of aromatic nitrogens is 1. The smallest absolute Gasteiger partial charge is 0.141 e. The molecule has 0 saturated heterocycles. The van der Waals surface area contributed by atoms with E-state index in [-0.39, 0.29) is 18.5 Å². The van der Waals surface area contributed by atoms with Crippen molar-refractivity contribution in [1.29, 1.82) is 0 Å². The molecular formula is C11H17FN2O. The highest BCUT2D eigenvalue weighted by Gasteiger charge is 2.31. The molecule has 0 spiro atoms. The van der Waals surface area contributed by atoms with Crippen LogP contribution in [-0.2, 0) is 5.41 Å². The molecule has 0 radical (unpaired) electrons. The Morgan fingerprint density at radius 2 is 2.27 bits per heavy atom. The third-order valence-electron chi connectivity index (χ3n) is 3.00. The molecule has 0 aliphatic heterocycles. The monoisotopic (exact) mass is 212 g/mol. The molecule has 0 amide bonds. The van der Waals surface area contributed by atoms with Gasteiger partial charge in [0.2, 0.25) is 0 Å². The Morgan fingerprint density at radius 1 is 1.60 bits per heavy atom. The number of hydrogen-bond acceptors (Lipinski definition) is 3. The van der Waals surface area contributed by atoms with Crippen molar-refractivity contribution in [2.24, 2.45) is 5.73 Å². The summed E-state index contributed by atoms with van der Waals surface area (Å²) in [4.78, 5) is 3.80. The summed E-state index contributed by atoms with van der Waals surface area (Å²) in [6.07, 6.45) is 3.25. The van der Waals surface area contributed by atoms with Gasteiger partial charge in [-0.15, -0.1) is 0 Å². The number of hydrogen-bond donors (Lipinski definition) is 2. The second kappa shape index (κ2) is 4.68. The maximum Gasteiger partial charge on any atom is 0.141 e. The van der Waals surface area contributed by atoms with Gasteiger partial charge >= 0.3 is 0 Å². The van der Waals surface area contributed by atoms with E-state index < -0.39 is 5.41 Å². The Morgan fingerprint density at radius 3 is 2.73 bits per heavy atom. The molecular weight excluding hydrogens is 195 g/mol. The molecule has 0 aliphatic rings. The summed E-state index contributed by atoms with van der Waals surface area (Å²) < 4.78 is 13.0. The first-order chi connectivity index (χ1) is 7.00. The van der Waals surface area contributed by atoms with E-state index in [1.807, 2.05) is 13.8 Å². The zero-order chi connectivity index (χ0) is 11.5. The largest absolute Gasteiger partial charge is 0.396 e. The highest BCUT2D eigenvalue weighted by molar-refractivity contribution is 5.23. The van der Waals surface area contributed by atoms with Crippen molar-refractivity contribution in [2.45, 2.75) is 31.7 Å². The third kappa shape index (κ3) is 2.52. The van der Waals surface area contributed by atoms with Gasteiger partial charge in [0.15, 0.2) is 0 Å². The van der Waals surface area contributed by atoms with Crippen molar-refractivity contribution in [1.82, 2.24) is 4.98 Å². The predicted molar refractivity (Wildman–Crippen MR) is 56.9 cm³/mol. The van der Waals surface area contributed by atoms with Crippen LogP contribution in [0.25, 0.3) is 0 Å². The van der Waals surface area contributed by atoms with Gasteiger partial charge in [-0.25, -0.2) is 4.39 Å². The maximum atomic E-state index is 13.0. The van der Waals surface area contributed by atoms with Gasteiger partial charge in [0.05, 0.1) is 6.20 Å². The van der Waals surface area contributed by atoms with Crippen LogP contribution in [0, 0.1) is 5.82 Å². The highest BCUT2D eigenvalue weighted by Crippen LogP contribution is 2.29. The van der Waals surface area contributed by atoms with E-state index >= 15 is 0 Å². The summed E-state index contributed by atoms with van der Waals surface area (Å²) in [5, 5.41) is 9.01. The Balaban J connectivity index is 3.09. The Kier molecular flexibility index (Phi) is 3.77. The van der Waals surface area contributed by atoms with E-state index in [0.717, 1.165) is 11.8 Å². The molecule has 3 nitrogen and oxygen atoms in total. The van der Waals surface area contributed by atoms with Gasteiger partial charge in [0.25, 0.3) is 0 Å².